The fourth-order valence-corrected chi connectivity index (χ4v) is 1.12. The Hall–Kier alpha value is -1.69. The molecule has 0 aliphatic rings. The number of hydrogen-bond acceptors (Lipinski definition) is 3. The first-order chi connectivity index (χ1) is 6.77. The van der Waals surface area contributed by atoms with Gasteiger partial charge in [0.25, 0.3) is 0 Å². The monoisotopic (exact) mass is 190 g/mol. The molecular formula is C11H14N2O. The third kappa shape index (κ3) is 2.67. The smallest absolute Gasteiger partial charge is 0.160 e. The fraction of sp³-hybridized carbons (Fsp3) is 0.364. The Morgan fingerprint density at radius 2 is 2.43 bits per heavy atom. The van der Waals surface area contributed by atoms with E-state index in [4.69, 9.17) is 11.2 Å². The van der Waals surface area contributed by atoms with Gasteiger partial charge in [-0.2, -0.15) is 0 Å². The molecule has 1 heterocycles. The summed E-state index contributed by atoms with van der Waals surface area (Å²) in [6.07, 6.45) is 7.56. The van der Waals surface area contributed by atoms with E-state index < -0.39 is 0 Å². The van der Waals surface area contributed by atoms with Crippen LogP contribution in [0, 0.1) is 19.3 Å². The maximum atomic E-state index is 5.16. The molecule has 14 heavy (non-hydrogen) atoms. The third-order valence-corrected chi connectivity index (χ3v) is 1.81. The molecule has 74 valence electrons. The molecule has 1 aromatic rings. The lowest BCUT2D eigenvalue weighted by Crippen LogP contribution is -2.03. The minimum Gasteiger partial charge on any atom is -0.493 e. The van der Waals surface area contributed by atoms with Gasteiger partial charge in [0.1, 0.15) is 0 Å². The highest BCUT2D eigenvalue weighted by molar-refractivity contribution is 5.55. The first-order valence-electron chi connectivity index (χ1n) is 4.46. The van der Waals surface area contributed by atoms with Crippen LogP contribution < -0.4 is 10.1 Å². The molecule has 0 aliphatic heterocycles. The third-order valence-electron chi connectivity index (χ3n) is 1.81. The van der Waals surface area contributed by atoms with E-state index in [1.807, 2.05) is 13.0 Å². The molecular weight excluding hydrogens is 176 g/mol. The molecule has 0 amide bonds. The van der Waals surface area contributed by atoms with Gasteiger partial charge in [-0.05, 0) is 13.0 Å². The Labute approximate surface area is 84.5 Å². The Balaban J connectivity index is 2.73. The molecule has 0 unspecified atom stereocenters. The summed E-state index contributed by atoms with van der Waals surface area (Å²) >= 11 is 0. The minimum absolute atomic E-state index is 0.699. The highest BCUT2D eigenvalue weighted by Gasteiger charge is 2.02. The second-order valence-electron chi connectivity index (χ2n) is 2.91. The molecule has 0 spiro atoms. The van der Waals surface area contributed by atoms with E-state index in [0.29, 0.717) is 6.42 Å². The van der Waals surface area contributed by atoms with Crippen LogP contribution in [0.5, 0.6) is 5.75 Å². The first kappa shape index (κ1) is 10.4. The fourth-order valence-electron chi connectivity index (χ4n) is 1.12. The van der Waals surface area contributed by atoms with Crippen molar-refractivity contribution in [2.24, 2.45) is 0 Å². The van der Waals surface area contributed by atoms with Crippen molar-refractivity contribution in [2.75, 3.05) is 19.0 Å². The summed E-state index contributed by atoms with van der Waals surface area (Å²) in [4.78, 5) is 4.13. The molecule has 3 nitrogen and oxygen atoms in total. The second-order valence-corrected chi connectivity index (χ2v) is 2.91. The molecule has 3 heteroatoms. The molecule has 0 aliphatic carbocycles. The second kappa shape index (κ2) is 5.13. The molecule has 0 atom stereocenters. The van der Waals surface area contributed by atoms with Crippen molar-refractivity contribution >= 4 is 5.69 Å². The van der Waals surface area contributed by atoms with Crippen LogP contribution in [-0.2, 0) is 0 Å². The summed E-state index contributed by atoms with van der Waals surface area (Å²) in [7, 11) is 1.62. The highest BCUT2D eigenvalue weighted by Crippen LogP contribution is 2.23. The van der Waals surface area contributed by atoms with E-state index in [-0.39, 0.29) is 0 Å². The minimum atomic E-state index is 0.699. The number of pyridine rings is 1. The molecule has 0 saturated heterocycles. The van der Waals surface area contributed by atoms with Crippen molar-refractivity contribution in [3.05, 3.63) is 18.0 Å². The quantitative estimate of drug-likeness (QED) is 0.581. The van der Waals surface area contributed by atoms with Crippen molar-refractivity contribution in [2.45, 2.75) is 13.3 Å². The maximum Gasteiger partial charge on any atom is 0.160 e. The van der Waals surface area contributed by atoms with Crippen LogP contribution in [0.25, 0.3) is 0 Å². The number of nitrogens with zero attached hydrogens (tertiary/aromatic N) is 1. The molecule has 0 saturated carbocycles. The molecule has 1 aromatic heterocycles. The molecule has 0 bridgehead atoms. The predicted octanol–water partition coefficient (Wildman–Crippen LogP) is 1.83. The van der Waals surface area contributed by atoms with Crippen molar-refractivity contribution < 1.29 is 4.74 Å². The Morgan fingerprint density at radius 1 is 1.64 bits per heavy atom. The van der Waals surface area contributed by atoms with Gasteiger partial charge in [0.15, 0.2) is 5.75 Å². The maximum absolute atomic E-state index is 5.16. The standard InChI is InChI=1S/C11H14N2O/c1-4-5-6-12-10-7-9(2)13-8-11(10)14-3/h1,7-8H,5-6H2,2-3H3,(H,12,13). The van der Waals surface area contributed by atoms with Gasteiger partial charge in [-0.1, -0.05) is 0 Å². The highest BCUT2D eigenvalue weighted by atomic mass is 16.5. The molecule has 1 N–H and O–H groups in total. The van der Waals surface area contributed by atoms with Crippen molar-refractivity contribution in [3.8, 4) is 18.1 Å². The number of hydrogen-bond donors (Lipinski definition) is 1. The Kier molecular flexibility index (Phi) is 3.81. The van der Waals surface area contributed by atoms with Gasteiger partial charge in [-0.15, -0.1) is 12.3 Å². The number of ether oxygens (including phenoxy) is 1. The predicted molar refractivity (Wildman–Crippen MR) is 57.5 cm³/mol. The Bertz CT molecular complexity index is 342. The van der Waals surface area contributed by atoms with Gasteiger partial charge in [0.05, 0.1) is 19.0 Å². The van der Waals surface area contributed by atoms with Crippen LogP contribution in [0.1, 0.15) is 12.1 Å². The molecule has 0 radical (unpaired) electrons. The summed E-state index contributed by atoms with van der Waals surface area (Å²) in [5.74, 6) is 3.31. The molecule has 0 fully saturated rings. The average molecular weight is 190 g/mol. The van der Waals surface area contributed by atoms with E-state index in [1.165, 1.54) is 0 Å². The summed E-state index contributed by atoms with van der Waals surface area (Å²) in [6, 6.07) is 1.94. The van der Waals surface area contributed by atoms with Crippen LogP contribution >= 0.6 is 0 Å². The largest absolute Gasteiger partial charge is 0.493 e. The summed E-state index contributed by atoms with van der Waals surface area (Å²) < 4.78 is 5.15. The number of nitrogens with one attached hydrogen (secondary N) is 1. The van der Waals surface area contributed by atoms with Crippen LogP contribution in [0.15, 0.2) is 12.3 Å². The van der Waals surface area contributed by atoms with Crippen molar-refractivity contribution in [1.82, 2.24) is 4.98 Å². The van der Waals surface area contributed by atoms with Crippen molar-refractivity contribution in [1.29, 1.82) is 0 Å². The summed E-state index contributed by atoms with van der Waals surface area (Å²) in [6.45, 7) is 2.68. The van der Waals surface area contributed by atoms with E-state index in [1.54, 1.807) is 13.3 Å². The van der Waals surface area contributed by atoms with Crippen LogP contribution in [0.2, 0.25) is 0 Å². The lowest BCUT2D eigenvalue weighted by Gasteiger charge is -2.09. The molecule has 0 aromatic carbocycles. The van der Waals surface area contributed by atoms with Gasteiger partial charge in [-0.25, -0.2) is 0 Å². The number of aromatic nitrogens is 1. The zero-order valence-electron chi connectivity index (χ0n) is 8.50. The summed E-state index contributed by atoms with van der Waals surface area (Å²) in [5, 5.41) is 3.20. The molecule has 1 rings (SSSR count). The number of rotatable bonds is 4. The van der Waals surface area contributed by atoms with Gasteiger partial charge in [0.2, 0.25) is 0 Å². The lowest BCUT2D eigenvalue weighted by atomic mass is 10.3. The van der Waals surface area contributed by atoms with E-state index >= 15 is 0 Å². The lowest BCUT2D eigenvalue weighted by molar-refractivity contribution is 0.414. The van der Waals surface area contributed by atoms with Crippen LogP contribution in [0.3, 0.4) is 0 Å². The average Bonchev–Trinajstić information content (AvgIpc) is 2.19. The number of methoxy groups -OCH3 is 1. The number of anilines is 1. The SMILES string of the molecule is C#CCCNc1cc(C)ncc1OC. The normalized spacial score (nSPS) is 9.21. The Morgan fingerprint density at radius 3 is 3.07 bits per heavy atom. The van der Waals surface area contributed by atoms with Crippen molar-refractivity contribution in [3.63, 3.8) is 0 Å². The van der Waals surface area contributed by atoms with Gasteiger partial charge in [0, 0.05) is 18.7 Å². The van der Waals surface area contributed by atoms with E-state index in [0.717, 1.165) is 23.7 Å². The van der Waals surface area contributed by atoms with Gasteiger partial charge in [-0.3, -0.25) is 4.98 Å². The first-order valence-corrected chi connectivity index (χ1v) is 4.46. The van der Waals surface area contributed by atoms with E-state index in [2.05, 4.69) is 16.2 Å². The zero-order chi connectivity index (χ0) is 10.4. The van der Waals surface area contributed by atoms with E-state index in [9.17, 15) is 0 Å². The van der Waals surface area contributed by atoms with Crippen LogP contribution in [-0.4, -0.2) is 18.6 Å². The zero-order valence-corrected chi connectivity index (χ0v) is 8.50. The summed E-state index contributed by atoms with van der Waals surface area (Å²) in [5.41, 5.74) is 1.89. The number of terminal acetylenes is 1. The number of aryl methyl sites for hydroxylation is 1. The van der Waals surface area contributed by atoms with Gasteiger partial charge < -0.3 is 10.1 Å². The van der Waals surface area contributed by atoms with Crippen LogP contribution in [0.4, 0.5) is 5.69 Å². The van der Waals surface area contributed by atoms with Gasteiger partial charge >= 0.3 is 0 Å². The topological polar surface area (TPSA) is 34.2 Å².